The van der Waals surface area contributed by atoms with Crippen LogP contribution >= 0.6 is 11.6 Å². The molecular formula is C12H12ClNO. The maximum atomic E-state index is 11.7. The number of halogens is 1. The minimum absolute atomic E-state index is 0.186. The first kappa shape index (κ1) is 9.22. The van der Waals surface area contributed by atoms with Crippen molar-refractivity contribution < 1.29 is 4.79 Å². The molecule has 0 N–H and O–H groups in total. The van der Waals surface area contributed by atoms with Gasteiger partial charge in [0.1, 0.15) is 0 Å². The van der Waals surface area contributed by atoms with Gasteiger partial charge in [-0.05, 0) is 36.1 Å². The molecule has 0 unspecified atom stereocenters. The van der Waals surface area contributed by atoms with Crippen LogP contribution < -0.4 is 4.90 Å². The Bertz CT molecular complexity index is 421. The van der Waals surface area contributed by atoms with E-state index in [0.29, 0.717) is 0 Å². The van der Waals surface area contributed by atoms with Crippen molar-refractivity contribution in [2.75, 3.05) is 18.0 Å². The van der Waals surface area contributed by atoms with Crippen molar-refractivity contribution in [1.29, 1.82) is 0 Å². The Balaban J connectivity index is 2.24. The number of anilines is 1. The van der Waals surface area contributed by atoms with Crippen LogP contribution in [-0.2, 0) is 10.2 Å². The second-order valence-electron chi connectivity index (χ2n) is 4.36. The Morgan fingerprint density at radius 1 is 1.27 bits per heavy atom. The number of carbonyl (C=O) groups excluding carboxylic acids is 1. The highest BCUT2D eigenvalue weighted by atomic mass is 35.5. The second kappa shape index (κ2) is 2.99. The summed E-state index contributed by atoms with van der Waals surface area (Å²) in [6, 6.07) is 8.14. The minimum Gasteiger partial charge on any atom is -0.371 e. The molecule has 1 aromatic carbocycles. The molecule has 15 heavy (non-hydrogen) atoms. The van der Waals surface area contributed by atoms with E-state index in [0.717, 1.165) is 31.5 Å². The first-order chi connectivity index (χ1) is 7.24. The fourth-order valence-electron chi connectivity index (χ4n) is 2.86. The highest BCUT2D eigenvalue weighted by Crippen LogP contribution is 2.47. The zero-order valence-electron chi connectivity index (χ0n) is 8.37. The Kier molecular flexibility index (Phi) is 1.84. The summed E-state index contributed by atoms with van der Waals surface area (Å²) in [6.07, 6.45) is 1.73. The van der Waals surface area contributed by atoms with Gasteiger partial charge in [-0.2, -0.15) is 0 Å². The van der Waals surface area contributed by atoms with Crippen molar-refractivity contribution in [3.8, 4) is 0 Å². The molecule has 3 aliphatic rings. The standard InChI is InChI=1S/C12H12ClNO/c13-11(15)12-5-7-14(8-6-12)10-4-2-1-3-9(10)12/h1-4H,5-8H2. The largest absolute Gasteiger partial charge is 0.371 e. The van der Waals surface area contributed by atoms with Gasteiger partial charge in [0, 0.05) is 18.8 Å². The molecule has 1 fully saturated rings. The average Bonchev–Trinajstić information content (AvgIpc) is 2.31. The van der Waals surface area contributed by atoms with Crippen LogP contribution in [0, 0.1) is 0 Å². The van der Waals surface area contributed by atoms with E-state index >= 15 is 0 Å². The number of hydrogen-bond donors (Lipinski definition) is 0. The van der Waals surface area contributed by atoms with E-state index in [2.05, 4.69) is 11.0 Å². The van der Waals surface area contributed by atoms with E-state index in [4.69, 9.17) is 11.6 Å². The zero-order valence-corrected chi connectivity index (χ0v) is 9.13. The van der Waals surface area contributed by atoms with Gasteiger partial charge in [0.05, 0.1) is 5.41 Å². The predicted molar refractivity (Wildman–Crippen MR) is 60.4 cm³/mol. The maximum absolute atomic E-state index is 11.7. The molecule has 0 spiro atoms. The average molecular weight is 222 g/mol. The number of benzene rings is 1. The van der Waals surface area contributed by atoms with Crippen molar-refractivity contribution in [3.05, 3.63) is 29.8 Å². The third-order valence-electron chi connectivity index (χ3n) is 3.75. The molecule has 0 saturated carbocycles. The smallest absolute Gasteiger partial charge is 0.232 e. The minimum atomic E-state index is -0.396. The number of piperidine rings is 1. The van der Waals surface area contributed by atoms with Crippen LogP contribution in [0.4, 0.5) is 5.69 Å². The topological polar surface area (TPSA) is 20.3 Å². The molecule has 2 bridgehead atoms. The number of fused-ring (bicyclic) bond motifs is 2. The summed E-state index contributed by atoms with van der Waals surface area (Å²) < 4.78 is 0. The lowest BCUT2D eigenvalue weighted by atomic mass is 9.69. The van der Waals surface area contributed by atoms with Gasteiger partial charge >= 0.3 is 0 Å². The van der Waals surface area contributed by atoms with Crippen molar-refractivity contribution in [2.24, 2.45) is 0 Å². The first-order valence-electron chi connectivity index (χ1n) is 5.28. The summed E-state index contributed by atoms with van der Waals surface area (Å²) in [5, 5.41) is -0.186. The fourth-order valence-corrected chi connectivity index (χ4v) is 3.15. The summed E-state index contributed by atoms with van der Waals surface area (Å²) in [5.74, 6) is 0. The van der Waals surface area contributed by atoms with E-state index in [-0.39, 0.29) is 5.24 Å². The predicted octanol–water partition coefficient (Wildman–Crippen LogP) is 2.30. The lowest BCUT2D eigenvalue weighted by Crippen LogP contribution is -2.51. The third-order valence-corrected chi connectivity index (χ3v) is 4.12. The molecule has 4 rings (SSSR count). The van der Waals surface area contributed by atoms with Gasteiger partial charge in [0.15, 0.2) is 0 Å². The highest BCUT2D eigenvalue weighted by Gasteiger charge is 2.47. The van der Waals surface area contributed by atoms with E-state index in [1.165, 1.54) is 5.69 Å². The first-order valence-corrected chi connectivity index (χ1v) is 5.66. The Morgan fingerprint density at radius 3 is 2.60 bits per heavy atom. The Labute approximate surface area is 93.8 Å². The summed E-state index contributed by atoms with van der Waals surface area (Å²) in [6.45, 7) is 1.91. The molecule has 1 saturated heterocycles. The molecule has 0 radical (unpaired) electrons. The SMILES string of the molecule is O=C(Cl)C12CCN(CC1)c1ccccc12. The lowest BCUT2D eigenvalue weighted by molar-refractivity contribution is -0.117. The van der Waals surface area contributed by atoms with Crippen LogP contribution in [0.5, 0.6) is 0 Å². The van der Waals surface area contributed by atoms with Crippen LogP contribution in [0.1, 0.15) is 18.4 Å². The van der Waals surface area contributed by atoms with Gasteiger partial charge in [0.2, 0.25) is 5.24 Å². The molecule has 0 amide bonds. The van der Waals surface area contributed by atoms with E-state index in [1.54, 1.807) is 0 Å². The number of carbonyl (C=O) groups is 1. The van der Waals surface area contributed by atoms with Gasteiger partial charge in [-0.1, -0.05) is 18.2 Å². The van der Waals surface area contributed by atoms with Gasteiger partial charge in [-0.25, -0.2) is 0 Å². The van der Waals surface area contributed by atoms with Crippen molar-refractivity contribution in [2.45, 2.75) is 18.3 Å². The Morgan fingerprint density at radius 2 is 1.93 bits per heavy atom. The molecule has 0 atom stereocenters. The number of nitrogens with zero attached hydrogens (tertiary/aromatic N) is 1. The monoisotopic (exact) mass is 221 g/mol. The molecule has 1 aromatic rings. The summed E-state index contributed by atoms with van der Waals surface area (Å²) in [7, 11) is 0. The third kappa shape index (κ3) is 1.08. The molecular weight excluding hydrogens is 210 g/mol. The van der Waals surface area contributed by atoms with Crippen LogP contribution in [0.2, 0.25) is 0 Å². The van der Waals surface area contributed by atoms with E-state index in [9.17, 15) is 4.79 Å². The second-order valence-corrected chi connectivity index (χ2v) is 4.70. The molecule has 3 aliphatic heterocycles. The molecule has 3 heterocycles. The van der Waals surface area contributed by atoms with Gasteiger partial charge in [-0.15, -0.1) is 0 Å². The van der Waals surface area contributed by atoms with Crippen molar-refractivity contribution in [3.63, 3.8) is 0 Å². The van der Waals surface area contributed by atoms with Crippen LogP contribution in [0.15, 0.2) is 24.3 Å². The number of hydrogen-bond acceptors (Lipinski definition) is 2. The molecule has 3 heteroatoms. The zero-order chi connectivity index (χ0) is 10.5. The highest BCUT2D eigenvalue weighted by molar-refractivity contribution is 6.65. The molecule has 0 aromatic heterocycles. The number of rotatable bonds is 1. The Hall–Kier alpha value is -1.02. The summed E-state index contributed by atoms with van der Waals surface area (Å²) in [5.41, 5.74) is 1.93. The van der Waals surface area contributed by atoms with Gasteiger partial charge < -0.3 is 4.90 Å². The maximum Gasteiger partial charge on any atom is 0.232 e. The molecule has 2 nitrogen and oxygen atoms in total. The van der Waals surface area contributed by atoms with Crippen molar-refractivity contribution in [1.82, 2.24) is 0 Å². The van der Waals surface area contributed by atoms with Crippen molar-refractivity contribution >= 4 is 22.5 Å². The summed E-state index contributed by atoms with van der Waals surface area (Å²) >= 11 is 5.81. The molecule has 0 aliphatic carbocycles. The number of para-hydroxylation sites is 1. The van der Waals surface area contributed by atoms with Crippen LogP contribution in [0.3, 0.4) is 0 Å². The fraction of sp³-hybridized carbons (Fsp3) is 0.417. The quantitative estimate of drug-likeness (QED) is 0.679. The van der Waals surface area contributed by atoms with Gasteiger partial charge in [-0.3, -0.25) is 4.79 Å². The van der Waals surface area contributed by atoms with E-state index < -0.39 is 5.41 Å². The summed E-state index contributed by atoms with van der Waals surface area (Å²) in [4.78, 5) is 14.0. The normalized spacial score (nSPS) is 21.3. The van der Waals surface area contributed by atoms with Gasteiger partial charge in [0.25, 0.3) is 0 Å². The van der Waals surface area contributed by atoms with Crippen LogP contribution in [-0.4, -0.2) is 18.3 Å². The van der Waals surface area contributed by atoms with E-state index in [1.807, 2.05) is 18.2 Å². The van der Waals surface area contributed by atoms with Crippen LogP contribution in [0.25, 0.3) is 0 Å². The molecule has 78 valence electrons. The lowest BCUT2D eigenvalue weighted by Gasteiger charge is -2.48.